The van der Waals surface area contributed by atoms with Crippen molar-refractivity contribution in [2.45, 2.75) is 44.4 Å². The van der Waals surface area contributed by atoms with Crippen molar-refractivity contribution in [3.05, 3.63) is 159 Å². The van der Waals surface area contributed by atoms with Gasteiger partial charge in [-0.3, -0.25) is 4.79 Å². The number of aryl methyl sites for hydroxylation is 4. The van der Waals surface area contributed by atoms with E-state index < -0.39 is 0 Å². The molecular weight excluding hydrogens is 597 g/mol. The van der Waals surface area contributed by atoms with Crippen molar-refractivity contribution < 1.29 is 9.53 Å². The van der Waals surface area contributed by atoms with Crippen molar-refractivity contribution in [3.8, 4) is 16.9 Å². The summed E-state index contributed by atoms with van der Waals surface area (Å²) in [5.41, 5.74) is 8.43. The molecule has 0 radical (unpaired) electrons. The molecule has 0 saturated carbocycles. The molecule has 5 rings (SSSR count). The quantitative estimate of drug-likeness (QED) is 0.141. The maximum atomic E-state index is 10.8. The molecule has 5 aromatic rings. The lowest BCUT2D eigenvalue weighted by Gasteiger charge is -2.03. The van der Waals surface area contributed by atoms with Gasteiger partial charge in [0.15, 0.2) is 5.78 Å². The van der Waals surface area contributed by atoms with Crippen molar-refractivity contribution >= 4 is 29.3 Å². The summed E-state index contributed by atoms with van der Waals surface area (Å²) < 4.78 is 4.97. The Morgan fingerprint density at radius 1 is 0.489 bits per heavy atom. The van der Waals surface area contributed by atoms with Gasteiger partial charge >= 0.3 is 0 Å². The Balaban J connectivity index is 0.000000302. The van der Waals surface area contributed by atoms with Crippen LogP contribution < -0.4 is 4.74 Å². The molecular formula is C39H44O4S2. The summed E-state index contributed by atoms with van der Waals surface area (Å²) in [6, 6.07) is 41.4. The zero-order valence-electron chi connectivity index (χ0n) is 27.5. The Labute approximate surface area is 277 Å². The van der Waals surface area contributed by atoms with Crippen molar-refractivity contribution in [2.24, 2.45) is 0 Å². The molecule has 236 valence electrons. The molecule has 5 aromatic carbocycles. The van der Waals surface area contributed by atoms with Crippen LogP contribution in [-0.4, -0.2) is 25.4 Å². The molecule has 0 atom stereocenters. The van der Waals surface area contributed by atoms with Crippen LogP contribution in [0.3, 0.4) is 0 Å². The number of methoxy groups -OCH3 is 1. The summed E-state index contributed by atoms with van der Waals surface area (Å²) in [7, 11) is 1.67. The van der Waals surface area contributed by atoms with Crippen LogP contribution in [0.15, 0.2) is 131 Å². The monoisotopic (exact) mass is 640 g/mol. The highest BCUT2D eigenvalue weighted by Gasteiger charge is 1.97. The number of hydrogen-bond acceptors (Lipinski definition) is 6. The van der Waals surface area contributed by atoms with E-state index in [9.17, 15) is 4.79 Å². The van der Waals surface area contributed by atoms with Crippen LogP contribution in [0, 0.1) is 37.6 Å². The summed E-state index contributed by atoms with van der Waals surface area (Å²) in [4.78, 5) is 27.4. The number of ketones is 1. The molecule has 6 heteroatoms. The summed E-state index contributed by atoms with van der Waals surface area (Å²) >= 11 is 3.55. The van der Waals surface area contributed by atoms with E-state index in [4.69, 9.17) is 14.7 Å². The van der Waals surface area contributed by atoms with Gasteiger partial charge in [0.25, 0.3) is 0 Å². The Hall–Kier alpha value is -4.13. The first kappa shape index (κ1) is 38.9. The fourth-order valence-electron chi connectivity index (χ4n) is 3.67. The van der Waals surface area contributed by atoms with Crippen LogP contribution in [0.25, 0.3) is 11.1 Å². The average Bonchev–Trinajstić information content (AvgIpc) is 3.08. The predicted molar refractivity (Wildman–Crippen MR) is 197 cm³/mol. The number of Topliss-reactive ketones (excluding diaryl/α,β-unsaturated/α-hetero) is 1. The number of hydrogen-bond donors (Lipinski definition) is 0. The van der Waals surface area contributed by atoms with E-state index in [1.807, 2.05) is 55.5 Å². The Kier molecular flexibility index (Phi) is 19.4. The molecule has 0 unspecified atom stereocenters. The zero-order chi connectivity index (χ0) is 33.6. The number of ether oxygens (including phenoxy) is 1. The zero-order valence-corrected chi connectivity index (χ0v) is 29.1. The van der Waals surface area contributed by atoms with Crippen molar-refractivity contribution in [2.75, 3.05) is 19.6 Å². The average molecular weight is 641 g/mol. The van der Waals surface area contributed by atoms with Gasteiger partial charge in [0.05, 0.1) is 7.11 Å². The van der Waals surface area contributed by atoms with Gasteiger partial charge in [-0.1, -0.05) is 107 Å². The highest BCUT2D eigenvalue weighted by Crippen LogP contribution is 2.23. The standard InChI is InChI=1S/C14H14S.C9H10O.C8H10O.C8H10S.O2/c1-11-3-5-12(6-4-11)13-7-9-14(15-2)10-8-13;1-7-3-5-9(6-4-7)8(2)10;2*1-7-3-5-8(9-2)6-4-7;1-2/h3-10H,1-2H3;3-6H,1-2H3;2*3-6H,1-2H3;. The van der Waals surface area contributed by atoms with Crippen LogP contribution >= 0.6 is 23.5 Å². The Morgan fingerprint density at radius 2 is 0.778 bits per heavy atom. The van der Waals surface area contributed by atoms with Gasteiger partial charge < -0.3 is 4.74 Å². The number of rotatable bonds is 5. The lowest BCUT2D eigenvalue weighted by molar-refractivity contribution is 0.101. The molecule has 0 bridgehead atoms. The lowest BCUT2D eigenvalue weighted by Crippen LogP contribution is -1.90. The van der Waals surface area contributed by atoms with E-state index in [2.05, 4.69) is 106 Å². The minimum absolute atomic E-state index is 0.125. The molecule has 0 heterocycles. The number of benzene rings is 5. The summed E-state index contributed by atoms with van der Waals surface area (Å²) in [5.74, 6) is 1.04. The van der Waals surface area contributed by atoms with Gasteiger partial charge in [0, 0.05) is 25.3 Å². The largest absolute Gasteiger partial charge is 0.497 e. The van der Waals surface area contributed by atoms with Crippen LogP contribution in [0.2, 0.25) is 0 Å². The van der Waals surface area contributed by atoms with E-state index in [0.29, 0.717) is 0 Å². The third kappa shape index (κ3) is 16.0. The summed E-state index contributed by atoms with van der Waals surface area (Å²) in [6.45, 7) is 9.85. The number of thioether (sulfide) groups is 2. The minimum Gasteiger partial charge on any atom is -0.497 e. The Bertz CT molecular complexity index is 1450. The molecule has 0 aliphatic rings. The fourth-order valence-corrected chi connectivity index (χ4v) is 4.48. The van der Waals surface area contributed by atoms with Crippen LogP contribution in [0.5, 0.6) is 5.75 Å². The van der Waals surface area contributed by atoms with Crippen LogP contribution in [0.4, 0.5) is 0 Å². The second-order valence-electron chi connectivity index (χ2n) is 10.1. The van der Waals surface area contributed by atoms with E-state index >= 15 is 0 Å². The van der Waals surface area contributed by atoms with E-state index in [1.165, 1.54) is 43.2 Å². The third-order valence-electron chi connectivity index (χ3n) is 6.45. The summed E-state index contributed by atoms with van der Waals surface area (Å²) in [5, 5.41) is 0. The minimum atomic E-state index is 0.125. The Morgan fingerprint density at radius 3 is 1.11 bits per heavy atom. The van der Waals surface area contributed by atoms with Gasteiger partial charge in [-0.25, -0.2) is 0 Å². The molecule has 0 N–H and O–H groups in total. The molecule has 45 heavy (non-hydrogen) atoms. The number of carbonyl (C=O) groups is 1. The molecule has 0 fully saturated rings. The predicted octanol–water partition coefficient (Wildman–Crippen LogP) is 11.4. The molecule has 4 nitrogen and oxygen atoms in total. The van der Waals surface area contributed by atoms with Crippen LogP contribution in [-0.2, 0) is 0 Å². The van der Waals surface area contributed by atoms with Gasteiger partial charge in [-0.15, -0.1) is 23.5 Å². The van der Waals surface area contributed by atoms with Crippen LogP contribution in [0.1, 0.15) is 39.5 Å². The molecule has 0 aliphatic heterocycles. The van der Waals surface area contributed by atoms with Gasteiger partial charge in [-0.05, 0) is 94.7 Å². The first-order valence-corrected chi connectivity index (χ1v) is 16.8. The highest BCUT2D eigenvalue weighted by atomic mass is 32.2. The molecule has 0 saturated heterocycles. The smallest absolute Gasteiger partial charge is 0.159 e. The van der Waals surface area contributed by atoms with Gasteiger partial charge in [0.1, 0.15) is 5.75 Å². The first-order valence-electron chi connectivity index (χ1n) is 14.3. The van der Waals surface area contributed by atoms with E-state index in [0.717, 1.165) is 11.3 Å². The molecule has 0 spiro atoms. The van der Waals surface area contributed by atoms with Crippen molar-refractivity contribution in [1.82, 2.24) is 0 Å². The normalized spacial score (nSPS) is 9.33. The summed E-state index contributed by atoms with van der Waals surface area (Å²) in [6.07, 6.45) is 4.19. The van der Waals surface area contributed by atoms with Gasteiger partial charge in [0.2, 0.25) is 0 Å². The van der Waals surface area contributed by atoms with Crippen molar-refractivity contribution in [1.29, 1.82) is 0 Å². The number of carbonyl (C=O) groups excluding carboxylic acids is 1. The molecule has 0 amide bonds. The lowest BCUT2D eigenvalue weighted by atomic mass is 10.0. The topological polar surface area (TPSA) is 60.4 Å². The van der Waals surface area contributed by atoms with E-state index in [1.54, 1.807) is 37.6 Å². The highest BCUT2D eigenvalue weighted by molar-refractivity contribution is 7.98. The molecule has 0 aromatic heterocycles. The second-order valence-corrected chi connectivity index (χ2v) is 11.8. The maximum absolute atomic E-state index is 10.8. The molecule has 0 aliphatic carbocycles. The first-order chi connectivity index (χ1) is 21.6. The van der Waals surface area contributed by atoms with Gasteiger partial charge in [-0.2, -0.15) is 0 Å². The van der Waals surface area contributed by atoms with E-state index in [-0.39, 0.29) is 5.78 Å². The third-order valence-corrected chi connectivity index (χ3v) is 7.93. The van der Waals surface area contributed by atoms with Crippen molar-refractivity contribution in [3.63, 3.8) is 0 Å². The second kappa shape index (κ2) is 22.4. The SMILES string of the molecule is CC(=O)c1ccc(C)cc1.COc1ccc(C)cc1.CSc1ccc(-c2ccc(C)cc2)cc1.CSc1ccc(C)cc1.O=O. The maximum Gasteiger partial charge on any atom is 0.159 e. The fraction of sp³-hybridized carbons (Fsp3) is 0.205.